The van der Waals surface area contributed by atoms with Gasteiger partial charge < -0.3 is 4.42 Å². The van der Waals surface area contributed by atoms with E-state index in [4.69, 9.17) is 4.42 Å². The van der Waals surface area contributed by atoms with Crippen molar-refractivity contribution in [2.24, 2.45) is 5.92 Å². The second-order valence-corrected chi connectivity index (χ2v) is 3.94. The second kappa shape index (κ2) is 2.31. The summed E-state index contributed by atoms with van der Waals surface area (Å²) in [4.78, 5) is 0. The monoisotopic (exact) mass is 166 g/mol. The lowest BCUT2D eigenvalue weighted by Crippen LogP contribution is -2.14. The molecule has 0 N–H and O–H groups in total. The highest BCUT2D eigenvalue weighted by molar-refractivity contribution is 5.16. The number of rotatable bonds is 2. The molecule has 0 spiro atoms. The summed E-state index contributed by atoms with van der Waals surface area (Å²) in [5.74, 6) is 2.13. The average Bonchev–Trinajstić information content (AvgIpc) is 2.71. The van der Waals surface area contributed by atoms with E-state index < -0.39 is 0 Å². The molecule has 0 aliphatic heterocycles. The Morgan fingerprint density at radius 2 is 2.00 bits per heavy atom. The largest absolute Gasteiger partial charge is 0.425 e. The smallest absolute Gasteiger partial charge is 0.222 e. The fraction of sp³-hybridized carbons (Fsp3) is 0.778. The maximum Gasteiger partial charge on any atom is 0.222 e. The molecule has 1 heterocycles. The predicted molar refractivity (Wildman–Crippen MR) is 44.8 cm³/mol. The minimum absolute atomic E-state index is 0.223. The molecule has 3 nitrogen and oxygen atoms in total. The van der Waals surface area contributed by atoms with Gasteiger partial charge in [-0.15, -0.1) is 10.2 Å². The number of aryl methyl sites for hydroxylation is 1. The molecule has 1 saturated carbocycles. The Balaban J connectivity index is 2.30. The highest BCUT2D eigenvalue weighted by Crippen LogP contribution is 2.52. The minimum Gasteiger partial charge on any atom is -0.425 e. The maximum atomic E-state index is 5.45. The molecule has 12 heavy (non-hydrogen) atoms. The number of aromatic nitrogens is 2. The van der Waals surface area contributed by atoms with E-state index in [9.17, 15) is 0 Å². The van der Waals surface area contributed by atoms with Gasteiger partial charge in [0.2, 0.25) is 11.8 Å². The van der Waals surface area contributed by atoms with Crippen LogP contribution in [0.1, 0.15) is 38.5 Å². The van der Waals surface area contributed by atoms with E-state index in [1.54, 1.807) is 0 Å². The van der Waals surface area contributed by atoms with E-state index in [0.717, 1.165) is 5.89 Å². The van der Waals surface area contributed by atoms with E-state index in [0.29, 0.717) is 11.8 Å². The molecule has 1 aliphatic carbocycles. The first-order valence-corrected chi connectivity index (χ1v) is 4.46. The van der Waals surface area contributed by atoms with Crippen LogP contribution in [0, 0.1) is 12.8 Å². The van der Waals surface area contributed by atoms with Crippen molar-refractivity contribution in [3.8, 4) is 0 Å². The summed E-state index contributed by atoms with van der Waals surface area (Å²) in [7, 11) is 0. The second-order valence-electron chi connectivity index (χ2n) is 3.94. The van der Waals surface area contributed by atoms with Crippen LogP contribution in [0.4, 0.5) is 0 Å². The standard InChI is InChI=1S/C9H14N2O/c1-6(2)9(4-5-9)8-11-10-7(3)12-8/h6H,4-5H2,1-3H3. The topological polar surface area (TPSA) is 38.9 Å². The molecule has 0 atom stereocenters. The van der Waals surface area contributed by atoms with Gasteiger partial charge in [0.05, 0.1) is 5.41 Å². The van der Waals surface area contributed by atoms with Crippen molar-refractivity contribution in [2.75, 3.05) is 0 Å². The predicted octanol–water partition coefficient (Wildman–Crippen LogP) is 2.07. The Hall–Kier alpha value is -0.860. The van der Waals surface area contributed by atoms with Crippen molar-refractivity contribution < 1.29 is 4.42 Å². The van der Waals surface area contributed by atoms with Crippen LogP contribution in [0.15, 0.2) is 4.42 Å². The summed E-state index contributed by atoms with van der Waals surface area (Å²) in [6, 6.07) is 0. The van der Waals surface area contributed by atoms with Crippen molar-refractivity contribution in [1.82, 2.24) is 10.2 Å². The Bertz CT molecular complexity index is 286. The maximum absolute atomic E-state index is 5.45. The Kier molecular flexibility index (Phi) is 1.50. The molecule has 0 bridgehead atoms. The van der Waals surface area contributed by atoms with Crippen molar-refractivity contribution in [3.63, 3.8) is 0 Å². The third-order valence-corrected chi connectivity index (χ3v) is 2.85. The highest BCUT2D eigenvalue weighted by Gasteiger charge is 2.51. The molecule has 1 aliphatic rings. The quantitative estimate of drug-likeness (QED) is 0.675. The Labute approximate surface area is 72.2 Å². The van der Waals surface area contributed by atoms with Crippen LogP contribution in [0.3, 0.4) is 0 Å². The number of hydrogen-bond donors (Lipinski definition) is 0. The average molecular weight is 166 g/mol. The van der Waals surface area contributed by atoms with Gasteiger partial charge in [-0.05, 0) is 18.8 Å². The number of hydrogen-bond acceptors (Lipinski definition) is 3. The van der Waals surface area contributed by atoms with Gasteiger partial charge in [-0.1, -0.05) is 13.8 Å². The molecular weight excluding hydrogens is 152 g/mol. The summed E-state index contributed by atoms with van der Waals surface area (Å²) in [6.07, 6.45) is 2.40. The molecule has 0 unspecified atom stereocenters. The number of nitrogens with zero attached hydrogens (tertiary/aromatic N) is 2. The van der Waals surface area contributed by atoms with Gasteiger partial charge in [-0.3, -0.25) is 0 Å². The van der Waals surface area contributed by atoms with Crippen LogP contribution in [0.25, 0.3) is 0 Å². The molecule has 0 aromatic carbocycles. The van der Waals surface area contributed by atoms with Gasteiger partial charge in [0.15, 0.2) is 0 Å². The van der Waals surface area contributed by atoms with E-state index >= 15 is 0 Å². The van der Waals surface area contributed by atoms with E-state index in [-0.39, 0.29) is 5.41 Å². The fourth-order valence-electron chi connectivity index (χ4n) is 1.67. The zero-order valence-electron chi connectivity index (χ0n) is 7.79. The normalized spacial score (nSPS) is 20.0. The Morgan fingerprint density at radius 3 is 2.33 bits per heavy atom. The fourth-order valence-corrected chi connectivity index (χ4v) is 1.67. The van der Waals surface area contributed by atoms with E-state index in [2.05, 4.69) is 24.0 Å². The van der Waals surface area contributed by atoms with Crippen molar-refractivity contribution >= 4 is 0 Å². The van der Waals surface area contributed by atoms with Gasteiger partial charge in [0, 0.05) is 6.92 Å². The van der Waals surface area contributed by atoms with Gasteiger partial charge in [-0.25, -0.2) is 0 Å². The summed E-state index contributed by atoms with van der Waals surface area (Å²) in [6.45, 7) is 6.27. The van der Waals surface area contributed by atoms with Crippen LogP contribution in [-0.2, 0) is 5.41 Å². The van der Waals surface area contributed by atoms with Gasteiger partial charge in [0.1, 0.15) is 0 Å². The van der Waals surface area contributed by atoms with Crippen LogP contribution in [0.2, 0.25) is 0 Å². The first-order chi connectivity index (χ1) is 5.65. The van der Waals surface area contributed by atoms with Crippen LogP contribution < -0.4 is 0 Å². The summed E-state index contributed by atoms with van der Waals surface area (Å²) >= 11 is 0. The van der Waals surface area contributed by atoms with Crippen LogP contribution in [0.5, 0.6) is 0 Å². The molecule has 0 radical (unpaired) electrons. The van der Waals surface area contributed by atoms with Gasteiger partial charge >= 0.3 is 0 Å². The zero-order chi connectivity index (χ0) is 8.77. The van der Waals surface area contributed by atoms with Crippen LogP contribution >= 0.6 is 0 Å². The molecule has 1 aromatic heterocycles. The molecular formula is C9H14N2O. The molecule has 66 valence electrons. The SMILES string of the molecule is Cc1nnc(C2(C(C)C)CC2)o1. The highest BCUT2D eigenvalue weighted by atomic mass is 16.4. The molecule has 3 heteroatoms. The van der Waals surface area contributed by atoms with E-state index in [1.165, 1.54) is 12.8 Å². The summed E-state index contributed by atoms with van der Waals surface area (Å²) in [5, 5.41) is 7.94. The summed E-state index contributed by atoms with van der Waals surface area (Å²) in [5.41, 5.74) is 0.223. The minimum atomic E-state index is 0.223. The first-order valence-electron chi connectivity index (χ1n) is 4.46. The van der Waals surface area contributed by atoms with Crippen LogP contribution in [-0.4, -0.2) is 10.2 Å². The zero-order valence-corrected chi connectivity index (χ0v) is 7.79. The van der Waals surface area contributed by atoms with Crippen molar-refractivity contribution in [1.29, 1.82) is 0 Å². The van der Waals surface area contributed by atoms with E-state index in [1.807, 2.05) is 6.92 Å². The molecule has 0 saturated heterocycles. The molecule has 0 amide bonds. The third-order valence-electron chi connectivity index (χ3n) is 2.85. The first kappa shape index (κ1) is 7.77. The lowest BCUT2D eigenvalue weighted by Gasteiger charge is -2.13. The van der Waals surface area contributed by atoms with Gasteiger partial charge in [-0.2, -0.15) is 0 Å². The van der Waals surface area contributed by atoms with Crippen molar-refractivity contribution in [3.05, 3.63) is 11.8 Å². The summed E-state index contributed by atoms with van der Waals surface area (Å²) < 4.78 is 5.45. The lowest BCUT2D eigenvalue weighted by atomic mass is 9.92. The molecule has 1 fully saturated rings. The lowest BCUT2D eigenvalue weighted by molar-refractivity contribution is 0.355. The third kappa shape index (κ3) is 0.958. The van der Waals surface area contributed by atoms with Crippen molar-refractivity contribution in [2.45, 2.75) is 39.0 Å². The molecule has 1 aromatic rings. The van der Waals surface area contributed by atoms with Gasteiger partial charge in [0.25, 0.3) is 0 Å². The Morgan fingerprint density at radius 1 is 1.33 bits per heavy atom. The molecule has 2 rings (SSSR count).